The molecule has 4 unspecified atom stereocenters. The van der Waals surface area contributed by atoms with E-state index >= 15 is 0 Å². The summed E-state index contributed by atoms with van der Waals surface area (Å²) in [5.74, 6) is -0.332. The van der Waals surface area contributed by atoms with Crippen LogP contribution in [0.25, 0.3) is 11.1 Å². The molecule has 0 N–H and O–H groups in total. The molecular formula is C25H27F3. The maximum atomic E-state index is 15.0. The first-order valence-corrected chi connectivity index (χ1v) is 10.3. The smallest absolute Gasteiger partial charge is 0.167 e. The first-order valence-electron chi connectivity index (χ1n) is 10.3. The Balaban J connectivity index is 1.58. The highest BCUT2D eigenvalue weighted by Crippen LogP contribution is 2.48. The van der Waals surface area contributed by atoms with E-state index in [0.717, 1.165) is 37.7 Å². The van der Waals surface area contributed by atoms with Crippen LogP contribution in [0.3, 0.4) is 0 Å². The lowest BCUT2D eigenvalue weighted by Gasteiger charge is -2.41. The normalized spacial score (nSPS) is 27.3. The van der Waals surface area contributed by atoms with Crippen molar-refractivity contribution in [2.75, 3.05) is 0 Å². The second-order valence-electron chi connectivity index (χ2n) is 8.65. The second-order valence-corrected chi connectivity index (χ2v) is 8.65. The molecule has 2 aliphatic rings. The Morgan fingerprint density at radius 1 is 0.857 bits per heavy atom. The van der Waals surface area contributed by atoms with E-state index in [-0.39, 0.29) is 17.0 Å². The molecule has 4 rings (SSSR count). The third kappa shape index (κ3) is 3.52. The molecule has 4 atom stereocenters. The van der Waals surface area contributed by atoms with Crippen molar-refractivity contribution in [3.05, 3.63) is 71.6 Å². The Labute approximate surface area is 165 Å². The van der Waals surface area contributed by atoms with Crippen molar-refractivity contribution in [2.24, 2.45) is 17.8 Å². The summed E-state index contributed by atoms with van der Waals surface area (Å²) in [6.45, 7) is 5.70. The van der Waals surface area contributed by atoms with Crippen LogP contribution in [0, 0.1) is 42.1 Å². The number of rotatable bonds is 3. The van der Waals surface area contributed by atoms with E-state index in [2.05, 4.69) is 12.7 Å². The molecule has 2 fully saturated rings. The van der Waals surface area contributed by atoms with Gasteiger partial charge in [0.15, 0.2) is 11.6 Å². The van der Waals surface area contributed by atoms with Crippen LogP contribution < -0.4 is 0 Å². The SMILES string of the molecule is C=CC1CCC2CC(c3ccc(-c4ccc(C)cc4F)c(F)c3F)CCC2C1. The van der Waals surface area contributed by atoms with Gasteiger partial charge in [0, 0.05) is 11.1 Å². The molecule has 0 amide bonds. The van der Waals surface area contributed by atoms with Crippen molar-refractivity contribution in [3.8, 4) is 11.1 Å². The predicted molar refractivity (Wildman–Crippen MR) is 108 cm³/mol. The molecule has 148 valence electrons. The first-order chi connectivity index (χ1) is 13.5. The summed E-state index contributed by atoms with van der Waals surface area (Å²) in [6.07, 6.45) is 8.43. The van der Waals surface area contributed by atoms with Crippen molar-refractivity contribution in [1.82, 2.24) is 0 Å². The molecule has 0 spiro atoms. The van der Waals surface area contributed by atoms with Gasteiger partial charge in [0.1, 0.15) is 5.82 Å². The highest BCUT2D eigenvalue weighted by atomic mass is 19.2. The van der Waals surface area contributed by atoms with Crippen LogP contribution in [0.2, 0.25) is 0 Å². The fourth-order valence-corrected chi connectivity index (χ4v) is 5.35. The van der Waals surface area contributed by atoms with E-state index in [1.807, 2.05) is 0 Å². The number of allylic oxidation sites excluding steroid dienone is 1. The molecule has 2 aliphatic carbocycles. The number of benzene rings is 2. The van der Waals surface area contributed by atoms with E-state index in [1.165, 1.54) is 18.6 Å². The van der Waals surface area contributed by atoms with Gasteiger partial charge in [-0.2, -0.15) is 0 Å². The van der Waals surface area contributed by atoms with E-state index < -0.39 is 17.5 Å². The average Bonchev–Trinajstić information content (AvgIpc) is 2.70. The Kier molecular flexibility index (Phi) is 5.35. The molecule has 28 heavy (non-hydrogen) atoms. The van der Waals surface area contributed by atoms with Crippen LogP contribution in [0.15, 0.2) is 43.0 Å². The number of hydrogen-bond donors (Lipinski definition) is 0. The first kappa shape index (κ1) is 19.3. The Bertz CT molecular complexity index is 886. The predicted octanol–water partition coefficient (Wildman–Crippen LogP) is 7.57. The van der Waals surface area contributed by atoms with Gasteiger partial charge >= 0.3 is 0 Å². The minimum Gasteiger partial charge on any atom is -0.206 e. The van der Waals surface area contributed by atoms with E-state index in [4.69, 9.17) is 0 Å². The maximum absolute atomic E-state index is 15.0. The van der Waals surface area contributed by atoms with Crippen molar-refractivity contribution >= 4 is 0 Å². The molecule has 0 radical (unpaired) electrons. The monoisotopic (exact) mass is 384 g/mol. The highest BCUT2D eigenvalue weighted by molar-refractivity contribution is 5.66. The van der Waals surface area contributed by atoms with Crippen molar-refractivity contribution < 1.29 is 13.2 Å². The van der Waals surface area contributed by atoms with E-state index in [9.17, 15) is 13.2 Å². The van der Waals surface area contributed by atoms with Crippen LogP contribution in [0.4, 0.5) is 13.2 Å². The minimum absolute atomic E-state index is 0.000993. The fourth-order valence-electron chi connectivity index (χ4n) is 5.35. The van der Waals surface area contributed by atoms with Gasteiger partial charge in [0.2, 0.25) is 0 Å². The van der Waals surface area contributed by atoms with Crippen LogP contribution in [-0.2, 0) is 0 Å². The topological polar surface area (TPSA) is 0 Å². The second kappa shape index (κ2) is 7.77. The summed E-state index contributed by atoms with van der Waals surface area (Å²) < 4.78 is 44.1. The standard InChI is InChI=1S/C25H27F3/c1-3-16-5-6-18-14-19(8-7-17(18)13-16)20-10-11-22(25(28)24(20)27)21-9-4-15(2)12-23(21)26/h3-4,9-12,16-19H,1,5-8,13-14H2,2H3. The van der Waals surface area contributed by atoms with Gasteiger partial charge < -0.3 is 0 Å². The summed E-state index contributed by atoms with van der Waals surface area (Å²) in [5, 5.41) is 0. The van der Waals surface area contributed by atoms with Gasteiger partial charge in [0.25, 0.3) is 0 Å². The van der Waals surface area contributed by atoms with Gasteiger partial charge in [-0.05, 0) is 86.3 Å². The van der Waals surface area contributed by atoms with Crippen molar-refractivity contribution in [3.63, 3.8) is 0 Å². The largest absolute Gasteiger partial charge is 0.206 e. The molecule has 0 saturated heterocycles. The zero-order valence-electron chi connectivity index (χ0n) is 16.4. The highest BCUT2D eigenvalue weighted by Gasteiger charge is 2.36. The summed E-state index contributed by atoms with van der Waals surface area (Å²) in [4.78, 5) is 0. The van der Waals surface area contributed by atoms with Crippen LogP contribution in [0.5, 0.6) is 0 Å². The molecule has 0 heterocycles. The summed E-state index contributed by atoms with van der Waals surface area (Å²) in [6, 6.07) is 7.80. The summed E-state index contributed by atoms with van der Waals surface area (Å²) >= 11 is 0. The minimum atomic E-state index is -0.933. The molecule has 0 aromatic heterocycles. The Morgan fingerprint density at radius 2 is 1.57 bits per heavy atom. The lowest BCUT2D eigenvalue weighted by atomic mass is 9.64. The summed E-state index contributed by atoms with van der Waals surface area (Å²) in [5.41, 5.74) is 1.32. The van der Waals surface area contributed by atoms with Crippen LogP contribution in [-0.4, -0.2) is 0 Å². The zero-order valence-corrected chi connectivity index (χ0v) is 16.4. The number of fused-ring (bicyclic) bond motifs is 1. The van der Waals surface area contributed by atoms with E-state index in [1.54, 1.807) is 25.1 Å². The van der Waals surface area contributed by atoms with Crippen LogP contribution in [0.1, 0.15) is 55.6 Å². The number of halogens is 3. The van der Waals surface area contributed by atoms with Crippen molar-refractivity contribution in [2.45, 2.75) is 51.4 Å². The number of aryl methyl sites for hydroxylation is 1. The zero-order chi connectivity index (χ0) is 19.8. The average molecular weight is 384 g/mol. The quantitative estimate of drug-likeness (QED) is 0.479. The Morgan fingerprint density at radius 3 is 2.32 bits per heavy atom. The molecule has 0 aliphatic heterocycles. The van der Waals surface area contributed by atoms with Gasteiger partial charge in [-0.25, -0.2) is 13.2 Å². The lowest BCUT2D eigenvalue weighted by molar-refractivity contribution is 0.132. The molecule has 2 saturated carbocycles. The van der Waals surface area contributed by atoms with Gasteiger partial charge in [-0.1, -0.05) is 30.3 Å². The fraction of sp³-hybridized carbons (Fsp3) is 0.440. The third-order valence-corrected chi connectivity index (χ3v) is 6.95. The van der Waals surface area contributed by atoms with Gasteiger partial charge in [0.05, 0.1) is 0 Å². The number of hydrogen-bond acceptors (Lipinski definition) is 0. The van der Waals surface area contributed by atoms with Crippen molar-refractivity contribution in [1.29, 1.82) is 0 Å². The van der Waals surface area contributed by atoms with Crippen LogP contribution >= 0.6 is 0 Å². The molecular weight excluding hydrogens is 357 g/mol. The molecule has 0 nitrogen and oxygen atoms in total. The Hall–Kier alpha value is -2.03. The summed E-state index contributed by atoms with van der Waals surface area (Å²) in [7, 11) is 0. The third-order valence-electron chi connectivity index (χ3n) is 6.95. The molecule has 3 heteroatoms. The molecule has 2 aromatic rings. The van der Waals surface area contributed by atoms with E-state index in [0.29, 0.717) is 23.3 Å². The van der Waals surface area contributed by atoms with Gasteiger partial charge in [-0.15, -0.1) is 6.58 Å². The molecule has 2 aromatic carbocycles. The lowest BCUT2D eigenvalue weighted by Crippen LogP contribution is -2.30. The maximum Gasteiger partial charge on any atom is 0.167 e. The molecule has 0 bridgehead atoms. The van der Waals surface area contributed by atoms with Gasteiger partial charge in [-0.3, -0.25) is 0 Å².